The molecule has 4 nitrogen and oxygen atoms in total. The zero-order chi connectivity index (χ0) is 14.0. The molecule has 4 heteroatoms. The van der Waals surface area contributed by atoms with Gasteiger partial charge in [-0.3, -0.25) is 14.5 Å². The van der Waals surface area contributed by atoms with Gasteiger partial charge in [0.05, 0.1) is 5.41 Å². The second-order valence-corrected chi connectivity index (χ2v) is 7.29. The van der Waals surface area contributed by atoms with E-state index in [-0.39, 0.29) is 17.3 Å². The summed E-state index contributed by atoms with van der Waals surface area (Å²) in [6.45, 7) is 4.12. The Balaban J connectivity index is 1.92. The quantitative estimate of drug-likeness (QED) is 0.636. The number of ketones is 1. The Labute approximate surface area is 119 Å². The number of rotatable bonds is 0. The molecule has 3 saturated heterocycles. The topological polar surface area (TPSA) is 46.6 Å². The summed E-state index contributed by atoms with van der Waals surface area (Å²) in [6.07, 6.45) is 5.88. The van der Waals surface area contributed by atoms with Crippen LogP contribution in [-0.2, 0) is 14.3 Å². The minimum Gasteiger partial charge on any atom is -0.443 e. The van der Waals surface area contributed by atoms with Crippen molar-refractivity contribution in [2.75, 3.05) is 13.1 Å². The van der Waals surface area contributed by atoms with E-state index in [9.17, 15) is 9.59 Å². The molecular weight excluding hydrogens is 254 g/mol. The van der Waals surface area contributed by atoms with Gasteiger partial charge in [-0.25, -0.2) is 0 Å². The average Bonchev–Trinajstić information content (AvgIpc) is 2.43. The van der Waals surface area contributed by atoms with Crippen molar-refractivity contribution in [1.82, 2.24) is 4.90 Å². The first-order valence-electron chi connectivity index (χ1n) is 8.09. The van der Waals surface area contributed by atoms with Gasteiger partial charge in [-0.15, -0.1) is 0 Å². The lowest BCUT2D eigenvalue weighted by Gasteiger charge is -2.64. The van der Waals surface area contributed by atoms with E-state index in [1.165, 1.54) is 0 Å². The van der Waals surface area contributed by atoms with Crippen molar-refractivity contribution >= 4 is 11.8 Å². The van der Waals surface area contributed by atoms with E-state index in [4.69, 9.17) is 4.74 Å². The Kier molecular flexibility index (Phi) is 2.60. The molecule has 4 bridgehead atoms. The number of carbonyl (C=O) groups excluding carboxylic acids is 2. The van der Waals surface area contributed by atoms with Crippen LogP contribution >= 0.6 is 0 Å². The van der Waals surface area contributed by atoms with Gasteiger partial charge in [0.15, 0.2) is 5.72 Å². The molecule has 4 fully saturated rings. The van der Waals surface area contributed by atoms with E-state index in [1.54, 1.807) is 0 Å². The Morgan fingerprint density at radius 1 is 1.25 bits per heavy atom. The zero-order valence-corrected chi connectivity index (χ0v) is 12.2. The molecule has 3 heterocycles. The van der Waals surface area contributed by atoms with Gasteiger partial charge in [0, 0.05) is 32.4 Å². The molecule has 0 amide bonds. The SMILES string of the molecule is CC1CC2CC(=O)OC3(C1)N1CCCC(=O)C23CCC1. The van der Waals surface area contributed by atoms with Crippen LogP contribution in [0.4, 0.5) is 0 Å². The van der Waals surface area contributed by atoms with Crippen molar-refractivity contribution in [1.29, 1.82) is 0 Å². The number of ether oxygens (including phenoxy) is 1. The maximum Gasteiger partial charge on any atom is 0.307 e. The summed E-state index contributed by atoms with van der Waals surface area (Å²) in [4.78, 5) is 27.5. The minimum absolute atomic E-state index is 0.0841. The molecule has 5 atom stereocenters. The van der Waals surface area contributed by atoms with Gasteiger partial charge in [0.1, 0.15) is 5.78 Å². The molecule has 5 unspecified atom stereocenters. The van der Waals surface area contributed by atoms with Gasteiger partial charge in [0.25, 0.3) is 0 Å². The van der Waals surface area contributed by atoms with Crippen LogP contribution in [-0.4, -0.2) is 35.5 Å². The van der Waals surface area contributed by atoms with Crippen LogP contribution in [0.15, 0.2) is 0 Å². The van der Waals surface area contributed by atoms with Crippen molar-refractivity contribution in [2.24, 2.45) is 17.3 Å². The highest BCUT2D eigenvalue weighted by Gasteiger charge is 2.71. The Hall–Kier alpha value is -0.900. The molecule has 0 N–H and O–H groups in total. The third kappa shape index (κ3) is 1.36. The Morgan fingerprint density at radius 2 is 2.05 bits per heavy atom. The molecule has 0 aromatic rings. The third-order valence-corrected chi connectivity index (χ3v) is 6.24. The van der Waals surface area contributed by atoms with Crippen LogP contribution < -0.4 is 0 Å². The van der Waals surface area contributed by atoms with Crippen LogP contribution in [0.1, 0.15) is 51.9 Å². The highest BCUT2D eigenvalue weighted by atomic mass is 16.6. The molecule has 4 aliphatic rings. The van der Waals surface area contributed by atoms with Crippen molar-refractivity contribution in [2.45, 2.75) is 57.6 Å². The fraction of sp³-hybridized carbons (Fsp3) is 0.875. The first-order valence-corrected chi connectivity index (χ1v) is 8.09. The van der Waals surface area contributed by atoms with Crippen molar-refractivity contribution in [3.63, 3.8) is 0 Å². The van der Waals surface area contributed by atoms with Crippen molar-refractivity contribution < 1.29 is 14.3 Å². The molecule has 110 valence electrons. The largest absolute Gasteiger partial charge is 0.443 e. The summed E-state index contributed by atoms with van der Waals surface area (Å²) in [5, 5.41) is 0. The lowest BCUT2D eigenvalue weighted by molar-refractivity contribution is -0.283. The number of esters is 1. The molecule has 0 spiro atoms. The first kappa shape index (κ1) is 12.8. The monoisotopic (exact) mass is 277 g/mol. The van der Waals surface area contributed by atoms with E-state index in [0.29, 0.717) is 24.5 Å². The van der Waals surface area contributed by atoms with E-state index in [0.717, 1.165) is 45.2 Å². The van der Waals surface area contributed by atoms with Gasteiger partial charge in [-0.1, -0.05) is 6.92 Å². The third-order valence-electron chi connectivity index (χ3n) is 6.24. The lowest BCUT2D eigenvalue weighted by atomic mass is 9.51. The summed E-state index contributed by atoms with van der Waals surface area (Å²) in [5.41, 5.74) is -0.987. The Bertz CT molecular complexity index is 476. The predicted octanol–water partition coefficient (Wildman–Crippen LogP) is 2.12. The van der Waals surface area contributed by atoms with Crippen LogP contribution in [0, 0.1) is 17.3 Å². The zero-order valence-electron chi connectivity index (χ0n) is 12.2. The van der Waals surface area contributed by atoms with E-state index < -0.39 is 5.72 Å². The van der Waals surface area contributed by atoms with Gasteiger partial charge in [0.2, 0.25) is 0 Å². The Morgan fingerprint density at radius 3 is 2.90 bits per heavy atom. The van der Waals surface area contributed by atoms with Crippen molar-refractivity contribution in [3.8, 4) is 0 Å². The molecule has 4 rings (SSSR count). The van der Waals surface area contributed by atoms with Gasteiger partial charge >= 0.3 is 5.97 Å². The maximum absolute atomic E-state index is 13.0. The number of piperidine rings is 1. The van der Waals surface area contributed by atoms with Crippen LogP contribution in [0.3, 0.4) is 0 Å². The minimum atomic E-state index is -0.601. The first-order chi connectivity index (χ1) is 9.58. The van der Waals surface area contributed by atoms with E-state index >= 15 is 0 Å². The average molecular weight is 277 g/mol. The van der Waals surface area contributed by atoms with Gasteiger partial charge in [-0.05, 0) is 37.5 Å². The molecule has 1 aliphatic carbocycles. The highest BCUT2D eigenvalue weighted by molar-refractivity contribution is 5.89. The van der Waals surface area contributed by atoms with Gasteiger partial charge < -0.3 is 4.74 Å². The van der Waals surface area contributed by atoms with E-state index in [2.05, 4.69) is 11.8 Å². The smallest absolute Gasteiger partial charge is 0.307 e. The van der Waals surface area contributed by atoms with Gasteiger partial charge in [-0.2, -0.15) is 0 Å². The normalized spacial score (nSPS) is 51.0. The highest BCUT2D eigenvalue weighted by Crippen LogP contribution is 2.63. The number of hydrogen-bond acceptors (Lipinski definition) is 4. The molecule has 1 saturated carbocycles. The van der Waals surface area contributed by atoms with Crippen LogP contribution in [0.2, 0.25) is 0 Å². The lowest BCUT2D eigenvalue weighted by Crippen LogP contribution is -2.73. The molecule has 0 aromatic carbocycles. The number of Topliss-reactive ketones (excluding diaryl/α,β-unsaturated/α-hetero) is 1. The predicted molar refractivity (Wildman–Crippen MR) is 72.8 cm³/mol. The molecule has 0 radical (unpaired) electrons. The number of carbonyl (C=O) groups is 2. The second kappa shape index (κ2) is 4.06. The summed E-state index contributed by atoms with van der Waals surface area (Å²) in [6, 6.07) is 0. The standard InChI is InChI=1S/C16H23NO3/c1-11-8-12-9-14(19)20-16(10-11)15(12)5-3-7-17(16)6-2-4-13(15)18/h11-12H,2-10H2,1H3. The second-order valence-electron chi connectivity index (χ2n) is 7.29. The number of nitrogens with zero attached hydrogens (tertiary/aromatic N) is 1. The van der Waals surface area contributed by atoms with Crippen LogP contribution in [0.25, 0.3) is 0 Å². The fourth-order valence-corrected chi connectivity index (χ4v) is 5.70. The summed E-state index contributed by atoms with van der Waals surface area (Å²) in [7, 11) is 0. The summed E-state index contributed by atoms with van der Waals surface area (Å²) < 4.78 is 5.99. The summed E-state index contributed by atoms with van der Waals surface area (Å²) >= 11 is 0. The fourth-order valence-electron chi connectivity index (χ4n) is 5.70. The van der Waals surface area contributed by atoms with E-state index in [1.807, 2.05) is 0 Å². The maximum atomic E-state index is 13.0. The van der Waals surface area contributed by atoms with Crippen LogP contribution in [0.5, 0.6) is 0 Å². The molecule has 0 aromatic heterocycles. The number of hydrogen-bond donors (Lipinski definition) is 0. The summed E-state index contributed by atoms with van der Waals surface area (Å²) in [5.74, 6) is 1.04. The molecule has 20 heavy (non-hydrogen) atoms. The molecular formula is C16H23NO3. The molecule has 3 aliphatic heterocycles. The van der Waals surface area contributed by atoms with Crippen molar-refractivity contribution in [3.05, 3.63) is 0 Å².